The van der Waals surface area contributed by atoms with Gasteiger partial charge in [0.2, 0.25) is 0 Å². The third-order valence-electron chi connectivity index (χ3n) is 5.84. The molecule has 0 saturated carbocycles. The largest absolute Gasteiger partial charge is 0.493 e. The Hall–Kier alpha value is -3.54. The van der Waals surface area contributed by atoms with E-state index in [0.29, 0.717) is 41.5 Å². The molecular weight excluding hydrogens is 406 g/mol. The molecule has 0 unspecified atom stereocenters. The third-order valence-corrected chi connectivity index (χ3v) is 5.84. The van der Waals surface area contributed by atoms with Crippen molar-refractivity contribution in [2.24, 2.45) is 0 Å². The molecule has 3 aromatic carbocycles. The maximum absolute atomic E-state index is 13.9. The average molecular weight is 434 g/mol. The fourth-order valence-electron chi connectivity index (χ4n) is 4.61. The molecular formula is C26H27NO5. The molecule has 1 aliphatic rings. The average Bonchev–Trinajstić information content (AvgIpc) is 2.96. The monoisotopic (exact) mass is 433 g/mol. The lowest BCUT2D eigenvalue weighted by Crippen LogP contribution is -2.39. The number of hydrogen-bond donors (Lipinski definition) is 1. The minimum atomic E-state index is -0.892. The number of carbonyl (C=O) groups excluding carboxylic acids is 1. The van der Waals surface area contributed by atoms with Gasteiger partial charge >= 0.3 is 5.97 Å². The fourth-order valence-corrected chi connectivity index (χ4v) is 4.61. The highest BCUT2D eigenvalue weighted by molar-refractivity contribution is 6.18. The van der Waals surface area contributed by atoms with Crippen LogP contribution in [-0.2, 0) is 16.8 Å². The Balaban J connectivity index is 1.95. The van der Waals surface area contributed by atoms with Crippen molar-refractivity contribution < 1.29 is 24.2 Å². The number of rotatable bonds is 7. The lowest BCUT2D eigenvalue weighted by Gasteiger charge is -2.33. The molecule has 0 aliphatic carbocycles. The van der Waals surface area contributed by atoms with Crippen LogP contribution in [0, 0.1) is 0 Å². The second kappa shape index (κ2) is 8.19. The minimum Gasteiger partial charge on any atom is -0.493 e. The Morgan fingerprint density at radius 2 is 1.50 bits per heavy atom. The van der Waals surface area contributed by atoms with E-state index < -0.39 is 11.5 Å². The van der Waals surface area contributed by atoms with E-state index >= 15 is 0 Å². The van der Waals surface area contributed by atoms with Gasteiger partial charge in [0.05, 0.1) is 30.7 Å². The van der Waals surface area contributed by atoms with Crippen molar-refractivity contribution in [3.05, 3.63) is 65.2 Å². The van der Waals surface area contributed by atoms with Crippen molar-refractivity contribution in [2.75, 3.05) is 18.1 Å². The number of hydrogen-bond acceptors (Lipinski definition) is 4. The number of aliphatic carboxylic acids is 1. The summed E-state index contributed by atoms with van der Waals surface area (Å²) in [6, 6.07) is 14.9. The molecule has 3 aromatic rings. The molecule has 1 heterocycles. The highest BCUT2D eigenvalue weighted by atomic mass is 16.5. The summed E-state index contributed by atoms with van der Waals surface area (Å²) >= 11 is 0. The first-order chi connectivity index (χ1) is 15.3. The van der Waals surface area contributed by atoms with Crippen molar-refractivity contribution >= 4 is 28.3 Å². The Kier molecular flexibility index (Phi) is 5.55. The lowest BCUT2D eigenvalue weighted by atomic mass is 9.89. The second-order valence-corrected chi connectivity index (χ2v) is 8.26. The van der Waals surface area contributed by atoms with Crippen molar-refractivity contribution in [1.29, 1.82) is 0 Å². The molecule has 166 valence electrons. The van der Waals surface area contributed by atoms with Gasteiger partial charge in [0, 0.05) is 22.0 Å². The second-order valence-electron chi connectivity index (χ2n) is 8.26. The van der Waals surface area contributed by atoms with Crippen LogP contribution in [0.15, 0.2) is 48.5 Å². The van der Waals surface area contributed by atoms with E-state index in [9.17, 15) is 9.59 Å². The van der Waals surface area contributed by atoms with Gasteiger partial charge in [-0.25, -0.2) is 0 Å². The molecule has 0 spiro atoms. The maximum Gasteiger partial charge on any atom is 0.307 e. The topological polar surface area (TPSA) is 76.1 Å². The van der Waals surface area contributed by atoms with Gasteiger partial charge in [0.15, 0.2) is 0 Å². The zero-order chi connectivity index (χ0) is 23.0. The van der Waals surface area contributed by atoms with Gasteiger partial charge in [-0.1, -0.05) is 36.4 Å². The van der Waals surface area contributed by atoms with E-state index in [1.807, 2.05) is 52.0 Å². The fraction of sp³-hybridized carbons (Fsp3) is 0.308. The number of carbonyl (C=O) groups is 2. The standard InChI is InChI=1S/C26H27NO5/c1-5-31-23-18-9-7-8-10-19(18)24(32-6-2)22-21(23)25(30)27(26(22,3)4)17-13-11-16(12-14-17)15-20(28)29/h7-14H,5-6,15H2,1-4H3,(H,28,29). The van der Waals surface area contributed by atoms with Gasteiger partial charge in [-0.15, -0.1) is 0 Å². The van der Waals surface area contributed by atoms with Crippen LogP contribution in [0.5, 0.6) is 11.5 Å². The van der Waals surface area contributed by atoms with E-state index in [4.69, 9.17) is 14.6 Å². The van der Waals surface area contributed by atoms with Crippen LogP contribution >= 0.6 is 0 Å². The van der Waals surface area contributed by atoms with Gasteiger partial charge in [0.1, 0.15) is 11.5 Å². The van der Waals surface area contributed by atoms with Crippen molar-refractivity contribution in [3.8, 4) is 11.5 Å². The number of fused-ring (bicyclic) bond motifs is 2. The zero-order valence-corrected chi connectivity index (χ0v) is 18.8. The number of carboxylic acid groups (broad SMARTS) is 1. The Bertz CT molecular complexity index is 1200. The van der Waals surface area contributed by atoms with Gasteiger partial charge in [-0.2, -0.15) is 0 Å². The molecule has 1 N–H and O–H groups in total. The first-order valence-electron chi connectivity index (χ1n) is 10.8. The molecule has 32 heavy (non-hydrogen) atoms. The highest BCUT2D eigenvalue weighted by Gasteiger charge is 2.49. The molecule has 0 radical (unpaired) electrons. The Morgan fingerprint density at radius 3 is 2.06 bits per heavy atom. The summed E-state index contributed by atoms with van der Waals surface area (Å²) in [5, 5.41) is 10.8. The van der Waals surface area contributed by atoms with E-state index in [2.05, 4.69) is 0 Å². The summed E-state index contributed by atoms with van der Waals surface area (Å²) in [6.07, 6.45) is -0.0633. The van der Waals surface area contributed by atoms with Gasteiger partial charge in [-0.3, -0.25) is 14.5 Å². The van der Waals surface area contributed by atoms with Crippen molar-refractivity contribution in [1.82, 2.24) is 0 Å². The molecule has 1 aliphatic heterocycles. The van der Waals surface area contributed by atoms with E-state index in [0.717, 1.165) is 16.3 Å². The Labute approximate surface area is 187 Å². The zero-order valence-electron chi connectivity index (χ0n) is 18.8. The lowest BCUT2D eigenvalue weighted by molar-refractivity contribution is -0.136. The first-order valence-corrected chi connectivity index (χ1v) is 10.8. The molecule has 1 amide bonds. The van der Waals surface area contributed by atoms with E-state index in [1.165, 1.54) is 0 Å². The van der Waals surface area contributed by atoms with Gasteiger partial charge < -0.3 is 14.6 Å². The molecule has 0 bridgehead atoms. The van der Waals surface area contributed by atoms with E-state index in [-0.39, 0.29) is 12.3 Å². The van der Waals surface area contributed by atoms with Crippen molar-refractivity contribution in [3.63, 3.8) is 0 Å². The summed E-state index contributed by atoms with van der Waals surface area (Å²) in [4.78, 5) is 26.6. The Morgan fingerprint density at radius 1 is 0.938 bits per heavy atom. The molecule has 6 heteroatoms. The molecule has 6 nitrogen and oxygen atoms in total. The number of anilines is 1. The predicted molar refractivity (Wildman–Crippen MR) is 124 cm³/mol. The van der Waals surface area contributed by atoms with Crippen LogP contribution in [-0.4, -0.2) is 30.2 Å². The summed E-state index contributed by atoms with van der Waals surface area (Å²) in [5.41, 5.74) is 1.99. The molecule has 4 rings (SSSR count). The van der Waals surface area contributed by atoms with Crippen LogP contribution in [0.1, 0.15) is 49.2 Å². The molecule has 0 fully saturated rings. The van der Waals surface area contributed by atoms with Crippen molar-refractivity contribution in [2.45, 2.75) is 39.7 Å². The molecule has 0 saturated heterocycles. The molecule has 0 aromatic heterocycles. The van der Waals surface area contributed by atoms with Gasteiger partial charge in [-0.05, 0) is 45.4 Å². The maximum atomic E-state index is 13.9. The van der Waals surface area contributed by atoms with E-state index in [1.54, 1.807) is 29.2 Å². The number of nitrogens with zero attached hydrogens (tertiary/aromatic N) is 1. The quantitative estimate of drug-likeness (QED) is 0.557. The predicted octanol–water partition coefficient (Wildman–Crippen LogP) is 5.16. The normalized spacial score (nSPS) is 14.5. The summed E-state index contributed by atoms with van der Waals surface area (Å²) < 4.78 is 12.2. The van der Waals surface area contributed by atoms with Gasteiger partial charge in [0.25, 0.3) is 5.91 Å². The van der Waals surface area contributed by atoms with Crippen LogP contribution in [0.4, 0.5) is 5.69 Å². The van der Waals surface area contributed by atoms with Crippen LogP contribution in [0.25, 0.3) is 10.8 Å². The summed E-state index contributed by atoms with van der Waals surface area (Å²) in [5.74, 6) is 0.220. The highest BCUT2D eigenvalue weighted by Crippen LogP contribution is 2.53. The number of carboxylic acids is 1. The number of ether oxygens (including phenoxy) is 2. The SMILES string of the molecule is CCOc1c2c(c(OCC)c3ccccc13)C(C)(C)N(c1ccc(CC(=O)O)cc1)C2=O. The number of benzene rings is 3. The van der Waals surface area contributed by atoms with Crippen LogP contribution < -0.4 is 14.4 Å². The summed E-state index contributed by atoms with van der Waals surface area (Å²) in [6.45, 7) is 8.73. The third kappa shape index (κ3) is 3.36. The summed E-state index contributed by atoms with van der Waals surface area (Å²) in [7, 11) is 0. The minimum absolute atomic E-state index is 0.0633. The van der Waals surface area contributed by atoms with Crippen LogP contribution in [0.2, 0.25) is 0 Å². The first kappa shape index (κ1) is 21.7. The van der Waals surface area contributed by atoms with Crippen LogP contribution in [0.3, 0.4) is 0 Å². The number of amides is 1. The smallest absolute Gasteiger partial charge is 0.307 e. The molecule has 0 atom stereocenters.